The van der Waals surface area contributed by atoms with Gasteiger partial charge in [-0.15, -0.1) is 0 Å². The van der Waals surface area contributed by atoms with Crippen LogP contribution in [0.5, 0.6) is 0 Å². The molecule has 0 atom stereocenters. The molecule has 2 N–H and O–H groups in total. The molecule has 152 valence electrons. The topological polar surface area (TPSA) is 97.1 Å². The Morgan fingerprint density at radius 2 is 1.87 bits per heavy atom. The predicted octanol–water partition coefficient (Wildman–Crippen LogP) is 3.22. The minimum absolute atomic E-state index is 0.244. The van der Waals surface area contributed by atoms with Crippen LogP contribution in [0.2, 0.25) is 10.0 Å². The van der Waals surface area contributed by atoms with Crippen LogP contribution in [0.25, 0.3) is 11.2 Å². The molecule has 0 bridgehead atoms. The van der Waals surface area contributed by atoms with Crippen LogP contribution in [-0.2, 0) is 13.6 Å². The second kappa shape index (κ2) is 8.17. The predicted molar refractivity (Wildman–Crippen MR) is 119 cm³/mol. The number of aromatic amines is 1. The molecule has 4 rings (SSSR count). The number of aryl methyl sites for hydroxylation is 1. The van der Waals surface area contributed by atoms with E-state index in [2.05, 4.69) is 20.5 Å². The van der Waals surface area contributed by atoms with Gasteiger partial charge in [-0.25, -0.2) is 10.2 Å². The lowest BCUT2D eigenvalue weighted by Gasteiger charge is -2.08. The van der Waals surface area contributed by atoms with E-state index in [0.29, 0.717) is 22.5 Å². The number of halogens is 2. The lowest BCUT2D eigenvalue weighted by molar-refractivity contribution is 0.808. The Bertz CT molecular complexity index is 1370. The summed E-state index contributed by atoms with van der Waals surface area (Å²) in [6.45, 7) is 0.318. The molecule has 30 heavy (non-hydrogen) atoms. The van der Waals surface area contributed by atoms with Crippen LogP contribution in [0.3, 0.4) is 0 Å². The van der Waals surface area contributed by atoms with Gasteiger partial charge in [0, 0.05) is 22.7 Å². The largest absolute Gasteiger partial charge is 0.329 e. The molecule has 8 nitrogen and oxygen atoms in total. The molecular weight excluding hydrogens is 427 g/mol. The van der Waals surface area contributed by atoms with Crippen molar-refractivity contribution >= 4 is 46.5 Å². The van der Waals surface area contributed by atoms with E-state index in [1.165, 1.54) is 11.6 Å². The molecule has 2 aromatic carbocycles. The fourth-order valence-corrected chi connectivity index (χ4v) is 3.30. The Morgan fingerprint density at radius 1 is 1.13 bits per heavy atom. The lowest BCUT2D eigenvalue weighted by Crippen LogP contribution is -2.29. The zero-order valence-electron chi connectivity index (χ0n) is 15.8. The summed E-state index contributed by atoms with van der Waals surface area (Å²) in [5, 5.41) is 5.36. The Kier molecular flexibility index (Phi) is 5.43. The van der Waals surface area contributed by atoms with Gasteiger partial charge in [0.2, 0.25) is 5.95 Å². The number of nitrogens with zero attached hydrogens (tertiary/aromatic N) is 4. The highest BCUT2D eigenvalue weighted by molar-refractivity contribution is 6.33. The summed E-state index contributed by atoms with van der Waals surface area (Å²) >= 11 is 12.1. The first-order valence-corrected chi connectivity index (χ1v) is 9.67. The van der Waals surface area contributed by atoms with E-state index < -0.39 is 11.2 Å². The fraction of sp³-hybridized carbons (Fsp3) is 0.100. The molecule has 0 aliphatic carbocycles. The molecule has 2 aromatic heterocycles. The Labute approximate surface area is 180 Å². The number of hydrogen-bond donors (Lipinski definition) is 2. The first-order valence-electron chi connectivity index (χ1n) is 8.91. The van der Waals surface area contributed by atoms with Crippen LogP contribution in [0, 0.1) is 0 Å². The van der Waals surface area contributed by atoms with Crippen LogP contribution >= 0.6 is 23.2 Å². The van der Waals surface area contributed by atoms with Gasteiger partial charge in [0.1, 0.15) is 0 Å². The van der Waals surface area contributed by atoms with E-state index in [-0.39, 0.29) is 11.2 Å². The maximum atomic E-state index is 12.5. The van der Waals surface area contributed by atoms with Crippen LogP contribution in [0.4, 0.5) is 5.95 Å². The van der Waals surface area contributed by atoms with Crippen molar-refractivity contribution in [1.29, 1.82) is 0 Å². The van der Waals surface area contributed by atoms with E-state index in [9.17, 15) is 9.59 Å². The molecular formula is C20H16Cl2N6O2. The second-order valence-corrected chi connectivity index (χ2v) is 7.37. The van der Waals surface area contributed by atoms with Crippen LogP contribution in [0.1, 0.15) is 11.1 Å². The Morgan fingerprint density at radius 3 is 2.60 bits per heavy atom. The van der Waals surface area contributed by atoms with Gasteiger partial charge in [-0.1, -0.05) is 53.5 Å². The molecule has 0 saturated carbocycles. The molecule has 10 heteroatoms. The Balaban J connectivity index is 1.79. The van der Waals surface area contributed by atoms with E-state index in [1.807, 2.05) is 30.3 Å². The maximum absolute atomic E-state index is 12.5. The minimum atomic E-state index is -0.547. The molecule has 0 fully saturated rings. The third-order valence-corrected chi connectivity index (χ3v) is 5.13. The standard InChI is InChI=1S/C20H16Cl2N6O2/c1-27-17-16(18(29)25-20(27)30)28(11-12-6-8-14(21)9-7-12)19(24-17)26-23-10-13-4-2-3-5-15(13)22/h2-10H,11H2,1H3,(H,24,26)(H,25,29,30). The molecule has 0 aliphatic heterocycles. The van der Waals surface area contributed by atoms with Gasteiger partial charge in [0.15, 0.2) is 11.2 Å². The Hall–Kier alpha value is -3.36. The number of nitrogens with one attached hydrogen (secondary N) is 2. The zero-order chi connectivity index (χ0) is 21.3. The van der Waals surface area contributed by atoms with Crippen LogP contribution < -0.4 is 16.7 Å². The number of fused-ring (bicyclic) bond motifs is 1. The SMILES string of the molecule is Cn1c(=O)[nH]c(=O)c2c1nc(NN=Cc1ccccc1Cl)n2Cc1ccc(Cl)cc1. The summed E-state index contributed by atoms with van der Waals surface area (Å²) in [6, 6.07) is 14.5. The molecule has 0 radical (unpaired) electrons. The zero-order valence-corrected chi connectivity index (χ0v) is 17.3. The van der Waals surface area contributed by atoms with Crippen molar-refractivity contribution in [3.63, 3.8) is 0 Å². The van der Waals surface area contributed by atoms with Crippen molar-refractivity contribution in [3.8, 4) is 0 Å². The van der Waals surface area contributed by atoms with Crippen LogP contribution in [-0.4, -0.2) is 25.3 Å². The average molecular weight is 443 g/mol. The van der Waals surface area contributed by atoms with E-state index in [4.69, 9.17) is 23.2 Å². The highest BCUT2D eigenvalue weighted by Gasteiger charge is 2.17. The average Bonchev–Trinajstić information content (AvgIpc) is 3.08. The highest BCUT2D eigenvalue weighted by atomic mass is 35.5. The highest BCUT2D eigenvalue weighted by Crippen LogP contribution is 2.19. The smallest absolute Gasteiger partial charge is 0.298 e. The molecule has 0 unspecified atom stereocenters. The number of rotatable bonds is 5. The van der Waals surface area contributed by atoms with Crippen molar-refractivity contribution in [3.05, 3.63) is 90.5 Å². The fourth-order valence-electron chi connectivity index (χ4n) is 2.99. The number of H-pyrrole nitrogens is 1. The summed E-state index contributed by atoms with van der Waals surface area (Å²) in [4.78, 5) is 31.3. The normalized spacial score (nSPS) is 11.4. The third kappa shape index (κ3) is 3.87. The van der Waals surface area contributed by atoms with Gasteiger partial charge in [-0.2, -0.15) is 10.1 Å². The molecule has 2 heterocycles. The minimum Gasteiger partial charge on any atom is -0.298 e. The number of imidazole rings is 1. The molecule has 0 amide bonds. The number of hydrogen-bond acceptors (Lipinski definition) is 5. The number of anilines is 1. The van der Waals surface area contributed by atoms with Crippen molar-refractivity contribution in [2.75, 3.05) is 5.43 Å². The van der Waals surface area contributed by atoms with Gasteiger partial charge in [0.05, 0.1) is 12.8 Å². The molecule has 4 aromatic rings. The number of aromatic nitrogens is 4. The van der Waals surface area contributed by atoms with Gasteiger partial charge < -0.3 is 0 Å². The second-order valence-electron chi connectivity index (χ2n) is 6.53. The van der Waals surface area contributed by atoms with E-state index in [1.54, 1.807) is 29.0 Å². The summed E-state index contributed by atoms with van der Waals surface area (Å²) in [7, 11) is 1.54. The summed E-state index contributed by atoms with van der Waals surface area (Å²) in [5.74, 6) is 0.301. The molecule has 0 saturated heterocycles. The lowest BCUT2D eigenvalue weighted by atomic mass is 10.2. The van der Waals surface area contributed by atoms with Crippen molar-refractivity contribution in [2.24, 2.45) is 12.1 Å². The quantitative estimate of drug-likeness (QED) is 0.366. The van der Waals surface area contributed by atoms with E-state index >= 15 is 0 Å². The first kappa shape index (κ1) is 19.9. The summed E-state index contributed by atoms with van der Waals surface area (Å²) in [5.41, 5.74) is 3.89. The third-order valence-electron chi connectivity index (χ3n) is 4.53. The number of hydrazone groups is 1. The monoisotopic (exact) mass is 442 g/mol. The molecule has 0 aliphatic rings. The molecule has 0 spiro atoms. The van der Waals surface area contributed by atoms with Gasteiger partial charge in [0.25, 0.3) is 5.56 Å². The summed E-state index contributed by atoms with van der Waals surface area (Å²) < 4.78 is 2.93. The number of benzene rings is 2. The van der Waals surface area contributed by atoms with Crippen molar-refractivity contribution in [2.45, 2.75) is 6.54 Å². The van der Waals surface area contributed by atoms with Gasteiger partial charge in [-0.3, -0.25) is 18.9 Å². The first-order chi connectivity index (χ1) is 14.4. The van der Waals surface area contributed by atoms with Crippen LogP contribution in [0.15, 0.2) is 63.2 Å². The maximum Gasteiger partial charge on any atom is 0.329 e. The van der Waals surface area contributed by atoms with Gasteiger partial charge in [-0.05, 0) is 23.8 Å². The van der Waals surface area contributed by atoms with Crippen molar-refractivity contribution in [1.82, 2.24) is 19.1 Å². The van der Waals surface area contributed by atoms with E-state index in [0.717, 1.165) is 11.1 Å². The van der Waals surface area contributed by atoms with Gasteiger partial charge >= 0.3 is 5.69 Å². The summed E-state index contributed by atoms with van der Waals surface area (Å²) in [6.07, 6.45) is 1.55. The van der Waals surface area contributed by atoms with Crippen molar-refractivity contribution < 1.29 is 0 Å².